The SMILES string of the molecule is O=C(O)CC1C(=O)NCCN1CCSc1ccccc1. The van der Waals surface area contributed by atoms with Crippen molar-refractivity contribution in [3.8, 4) is 0 Å². The molecule has 0 aromatic heterocycles. The van der Waals surface area contributed by atoms with Crippen LogP contribution in [0.25, 0.3) is 0 Å². The molecule has 1 atom stereocenters. The third-order valence-electron chi connectivity index (χ3n) is 3.20. The average Bonchev–Trinajstić information content (AvgIpc) is 2.43. The van der Waals surface area contributed by atoms with Gasteiger partial charge in [-0.05, 0) is 12.1 Å². The molecular weight excluding hydrogens is 276 g/mol. The van der Waals surface area contributed by atoms with Crippen molar-refractivity contribution in [2.45, 2.75) is 17.4 Å². The van der Waals surface area contributed by atoms with Gasteiger partial charge < -0.3 is 10.4 Å². The highest BCUT2D eigenvalue weighted by atomic mass is 32.2. The first-order chi connectivity index (χ1) is 9.66. The number of hydrogen-bond acceptors (Lipinski definition) is 4. The third kappa shape index (κ3) is 4.25. The second-order valence-electron chi connectivity index (χ2n) is 4.60. The number of hydrogen-bond donors (Lipinski definition) is 2. The summed E-state index contributed by atoms with van der Waals surface area (Å²) in [5.74, 6) is -0.274. The number of benzene rings is 1. The van der Waals surface area contributed by atoms with E-state index in [-0.39, 0.29) is 12.3 Å². The number of carboxylic acids is 1. The van der Waals surface area contributed by atoms with Gasteiger partial charge in [-0.3, -0.25) is 14.5 Å². The van der Waals surface area contributed by atoms with Gasteiger partial charge in [-0.25, -0.2) is 0 Å². The van der Waals surface area contributed by atoms with Gasteiger partial charge in [-0.2, -0.15) is 0 Å². The second-order valence-corrected chi connectivity index (χ2v) is 5.77. The van der Waals surface area contributed by atoms with Crippen molar-refractivity contribution in [2.75, 3.05) is 25.4 Å². The maximum Gasteiger partial charge on any atom is 0.305 e. The van der Waals surface area contributed by atoms with Gasteiger partial charge in [0.05, 0.1) is 12.5 Å². The molecule has 1 fully saturated rings. The largest absolute Gasteiger partial charge is 0.481 e. The van der Waals surface area contributed by atoms with Crippen molar-refractivity contribution >= 4 is 23.6 Å². The quantitative estimate of drug-likeness (QED) is 0.768. The van der Waals surface area contributed by atoms with Crippen LogP contribution in [0.15, 0.2) is 35.2 Å². The summed E-state index contributed by atoms with van der Waals surface area (Å²) in [6, 6.07) is 9.50. The summed E-state index contributed by atoms with van der Waals surface area (Å²) in [6.45, 7) is 2.01. The molecule has 0 saturated carbocycles. The lowest BCUT2D eigenvalue weighted by molar-refractivity contribution is -0.143. The Morgan fingerprint density at radius 3 is 2.85 bits per heavy atom. The predicted molar refractivity (Wildman–Crippen MR) is 77.8 cm³/mol. The zero-order valence-electron chi connectivity index (χ0n) is 11.1. The highest BCUT2D eigenvalue weighted by Gasteiger charge is 2.31. The molecule has 1 amide bonds. The predicted octanol–water partition coefficient (Wildman–Crippen LogP) is 1.05. The molecule has 6 heteroatoms. The van der Waals surface area contributed by atoms with E-state index < -0.39 is 12.0 Å². The Labute approximate surface area is 122 Å². The van der Waals surface area contributed by atoms with Gasteiger partial charge in [-0.1, -0.05) is 18.2 Å². The van der Waals surface area contributed by atoms with Crippen molar-refractivity contribution in [1.82, 2.24) is 10.2 Å². The van der Waals surface area contributed by atoms with Crippen LogP contribution in [0, 0.1) is 0 Å². The van der Waals surface area contributed by atoms with Crippen molar-refractivity contribution in [3.63, 3.8) is 0 Å². The number of amides is 1. The second kappa shape index (κ2) is 7.31. The van der Waals surface area contributed by atoms with E-state index in [9.17, 15) is 9.59 Å². The summed E-state index contributed by atoms with van der Waals surface area (Å²) < 4.78 is 0. The molecule has 2 N–H and O–H groups in total. The van der Waals surface area contributed by atoms with Crippen molar-refractivity contribution in [2.24, 2.45) is 0 Å². The molecule has 0 aliphatic carbocycles. The van der Waals surface area contributed by atoms with E-state index in [2.05, 4.69) is 5.32 Å². The molecule has 0 bridgehead atoms. The molecule has 1 heterocycles. The van der Waals surface area contributed by atoms with Gasteiger partial charge in [0.2, 0.25) is 5.91 Å². The lowest BCUT2D eigenvalue weighted by atomic mass is 10.1. The van der Waals surface area contributed by atoms with E-state index in [0.29, 0.717) is 19.6 Å². The minimum atomic E-state index is -0.937. The lowest BCUT2D eigenvalue weighted by Crippen LogP contribution is -2.56. The molecule has 2 rings (SSSR count). The van der Waals surface area contributed by atoms with E-state index in [1.807, 2.05) is 35.2 Å². The molecule has 1 aromatic carbocycles. The number of nitrogens with one attached hydrogen (secondary N) is 1. The monoisotopic (exact) mass is 294 g/mol. The first kappa shape index (κ1) is 14.9. The molecule has 1 aromatic rings. The molecular formula is C14H18N2O3S. The highest BCUT2D eigenvalue weighted by molar-refractivity contribution is 7.99. The minimum Gasteiger partial charge on any atom is -0.481 e. The molecule has 1 saturated heterocycles. The number of thioether (sulfide) groups is 1. The fourth-order valence-electron chi connectivity index (χ4n) is 2.21. The minimum absolute atomic E-state index is 0.137. The molecule has 0 spiro atoms. The lowest BCUT2D eigenvalue weighted by Gasteiger charge is -2.34. The van der Waals surface area contributed by atoms with Gasteiger partial charge in [0.25, 0.3) is 0 Å². The molecule has 20 heavy (non-hydrogen) atoms. The molecule has 1 aliphatic rings. The first-order valence-electron chi connectivity index (χ1n) is 6.58. The van der Waals surface area contributed by atoms with E-state index >= 15 is 0 Å². The van der Waals surface area contributed by atoms with Crippen molar-refractivity contribution in [3.05, 3.63) is 30.3 Å². The van der Waals surface area contributed by atoms with Crippen molar-refractivity contribution in [1.29, 1.82) is 0 Å². The molecule has 0 radical (unpaired) electrons. The van der Waals surface area contributed by atoms with Crippen LogP contribution in [0.2, 0.25) is 0 Å². The summed E-state index contributed by atoms with van der Waals surface area (Å²) in [5.41, 5.74) is 0. The van der Waals surface area contributed by atoms with E-state index in [0.717, 1.165) is 5.75 Å². The normalized spacial score (nSPS) is 19.6. The fraction of sp³-hybridized carbons (Fsp3) is 0.429. The number of carbonyl (C=O) groups is 2. The van der Waals surface area contributed by atoms with Gasteiger partial charge >= 0.3 is 5.97 Å². The summed E-state index contributed by atoms with van der Waals surface area (Å²) >= 11 is 1.72. The van der Waals surface area contributed by atoms with Crippen LogP contribution < -0.4 is 5.32 Å². The van der Waals surface area contributed by atoms with Gasteiger partial charge in [0, 0.05) is 30.3 Å². The third-order valence-corrected chi connectivity index (χ3v) is 4.19. The van der Waals surface area contributed by atoms with Gasteiger partial charge in [0.1, 0.15) is 0 Å². The number of carboxylic acid groups (broad SMARTS) is 1. The Morgan fingerprint density at radius 1 is 1.40 bits per heavy atom. The zero-order valence-corrected chi connectivity index (χ0v) is 11.9. The van der Waals surface area contributed by atoms with Gasteiger partial charge in [-0.15, -0.1) is 11.8 Å². The van der Waals surface area contributed by atoms with Crippen LogP contribution in [0.5, 0.6) is 0 Å². The van der Waals surface area contributed by atoms with Crippen LogP contribution in [0.3, 0.4) is 0 Å². The molecule has 108 valence electrons. The maximum absolute atomic E-state index is 11.8. The van der Waals surface area contributed by atoms with Crippen LogP contribution in [0.1, 0.15) is 6.42 Å². The maximum atomic E-state index is 11.8. The topological polar surface area (TPSA) is 69.6 Å². The summed E-state index contributed by atoms with van der Waals surface area (Å²) in [7, 11) is 0. The molecule has 5 nitrogen and oxygen atoms in total. The number of carbonyl (C=O) groups excluding carboxylic acids is 1. The molecule has 1 aliphatic heterocycles. The Bertz CT molecular complexity index is 467. The fourth-order valence-corrected chi connectivity index (χ4v) is 3.13. The Kier molecular flexibility index (Phi) is 5.43. The number of aliphatic carboxylic acids is 1. The average molecular weight is 294 g/mol. The number of rotatable bonds is 6. The van der Waals surface area contributed by atoms with Crippen LogP contribution in [-0.2, 0) is 9.59 Å². The Balaban J connectivity index is 1.86. The first-order valence-corrected chi connectivity index (χ1v) is 7.57. The van der Waals surface area contributed by atoms with Crippen LogP contribution >= 0.6 is 11.8 Å². The standard InChI is InChI=1S/C14H18N2O3S/c17-13(18)10-12-14(19)15-6-7-16(12)8-9-20-11-4-2-1-3-5-11/h1-5,12H,6-10H2,(H,15,19)(H,17,18). The van der Waals surface area contributed by atoms with Crippen molar-refractivity contribution < 1.29 is 14.7 Å². The van der Waals surface area contributed by atoms with E-state index in [4.69, 9.17) is 5.11 Å². The Hall–Kier alpha value is -1.53. The number of nitrogens with zero attached hydrogens (tertiary/aromatic N) is 1. The van der Waals surface area contributed by atoms with Gasteiger partial charge in [0.15, 0.2) is 0 Å². The number of piperazine rings is 1. The smallest absolute Gasteiger partial charge is 0.305 e. The highest BCUT2D eigenvalue weighted by Crippen LogP contribution is 2.18. The Morgan fingerprint density at radius 2 is 2.15 bits per heavy atom. The van der Waals surface area contributed by atoms with E-state index in [1.54, 1.807) is 11.8 Å². The zero-order chi connectivity index (χ0) is 14.4. The van der Waals surface area contributed by atoms with Crippen LogP contribution in [0.4, 0.5) is 0 Å². The van der Waals surface area contributed by atoms with Crippen LogP contribution in [-0.4, -0.2) is 53.3 Å². The summed E-state index contributed by atoms with van der Waals surface area (Å²) in [5, 5.41) is 11.6. The molecule has 1 unspecified atom stereocenters. The summed E-state index contributed by atoms with van der Waals surface area (Å²) in [6.07, 6.45) is -0.137. The summed E-state index contributed by atoms with van der Waals surface area (Å²) in [4.78, 5) is 25.7. The van der Waals surface area contributed by atoms with E-state index in [1.165, 1.54) is 4.90 Å².